The fourth-order valence-corrected chi connectivity index (χ4v) is 3.14. The Kier molecular flexibility index (Phi) is 3.33. The first-order valence-corrected chi connectivity index (χ1v) is 6.26. The highest BCUT2D eigenvalue weighted by Gasteiger charge is 2.31. The Hall–Kier alpha value is -0.830. The summed E-state index contributed by atoms with van der Waals surface area (Å²) in [5, 5.41) is 10.5. The van der Waals surface area contributed by atoms with E-state index in [0.29, 0.717) is 11.5 Å². The molecule has 2 atom stereocenters. The van der Waals surface area contributed by atoms with Crippen LogP contribution in [0.15, 0.2) is 12.4 Å². The van der Waals surface area contributed by atoms with Crippen molar-refractivity contribution in [1.82, 2.24) is 15.5 Å². The summed E-state index contributed by atoms with van der Waals surface area (Å²) in [7, 11) is 0. The van der Waals surface area contributed by atoms with Gasteiger partial charge in [-0.2, -0.15) is 5.10 Å². The fraction of sp³-hybridized carbons (Fsp3) is 0.769. The molecule has 1 aromatic rings. The van der Waals surface area contributed by atoms with Gasteiger partial charge in [-0.05, 0) is 30.6 Å². The minimum Gasteiger partial charge on any atom is -0.310 e. The standard InChI is InChI=1S/C13H23N3/c1-10-4-12(6-13(2,3)5-10)14-7-11-8-15-16-9-11/h8-10,12,14H,4-7H2,1-3H3,(H,15,16). The van der Waals surface area contributed by atoms with E-state index in [2.05, 4.69) is 36.3 Å². The summed E-state index contributed by atoms with van der Waals surface area (Å²) in [5.41, 5.74) is 1.74. The maximum absolute atomic E-state index is 3.96. The van der Waals surface area contributed by atoms with E-state index >= 15 is 0 Å². The molecule has 1 heterocycles. The molecule has 90 valence electrons. The highest BCUT2D eigenvalue weighted by molar-refractivity contribution is 5.02. The second-order valence-electron chi connectivity index (χ2n) is 6.10. The van der Waals surface area contributed by atoms with Gasteiger partial charge in [0, 0.05) is 24.3 Å². The van der Waals surface area contributed by atoms with Crippen LogP contribution in [0.1, 0.15) is 45.6 Å². The maximum Gasteiger partial charge on any atom is 0.0532 e. The number of rotatable bonds is 3. The van der Waals surface area contributed by atoms with E-state index in [1.54, 1.807) is 0 Å². The van der Waals surface area contributed by atoms with E-state index in [-0.39, 0.29) is 0 Å². The van der Waals surface area contributed by atoms with Crippen molar-refractivity contribution in [2.75, 3.05) is 0 Å². The molecule has 0 radical (unpaired) electrons. The average molecular weight is 221 g/mol. The van der Waals surface area contributed by atoms with Gasteiger partial charge in [-0.1, -0.05) is 20.8 Å². The smallest absolute Gasteiger partial charge is 0.0532 e. The van der Waals surface area contributed by atoms with E-state index in [9.17, 15) is 0 Å². The lowest BCUT2D eigenvalue weighted by molar-refractivity contribution is 0.151. The molecule has 0 bridgehead atoms. The third kappa shape index (κ3) is 3.08. The number of nitrogens with zero attached hydrogens (tertiary/aromatic N) is 1. The van der Waals surface area contributed by atoms with E-state index in [4.69, 9.17) is 0 Å². The lowest BCUT2D eigenvalue weighted by atomic mass is 9.70. The Morgan fingerprint density at radius 3 is 2.94 bits per heavy atom. The van der Waals surface area contributed by atoms with Crippen molar-refractivity contribution in [2.24, 2.45) is 11.3 Å². The molecule has 2 rings (SSSR count). The van der Waals surface area contributed by atoms with Crippen LogP contribution in [-0.2, 0) is 6.54 Å². The van der Waals surface area contributed by atoms with Gasteiger partial charge in [-0.25, -0.2) is 0 Å². The van der Waals surface area contributed by atoms with Gasteiger partial charge in [0.05, 0.1) is 6.20 Å². The van der Waals surface area contributed by atoms with Gasteiger partial charge in [0.25, 0.3) is 0 Å². The highest BCUT2D eigenvalue weighted by atomic mass is 15.1. The van der Waals surface area contributed by atoms with Gasteiger partial charge < -0.3 is 5.32 Å². The van der Waals surface area contributed by atoms with E-state index in [1.807, 2.05) is 12.4 Å². The predicted octanol–water partition coefficient (Wildman–Crippen LogP) is 2.71. The highest BCUT2D eigenvalue weighted by Crippen LogP contribution is 2.38. The van der Waals surface area contributed by atoms with Crippen LogP contribution < -0.4 is 5.32 Å². The number of aromatic amines is 1. The van der Waals surface area contributed by atoms with Gasteiger partial charge in [0.1, 0.15) is 0 Å². The largest absolute Gasteiger partial charge is 0.310 e. The Morgan fingerprint density at radius 2 is 2.31 bits per heavy atom. The zero-order chi connectivity index (χ0) is 11.6. The van der Waals surface area contributed by atoms with Crippen LogP contribution >= 0.6 is 0 Å². The van der Waals surface area contributed by atoms with Crippen LogP contribution in [0.3, 0.4) is 0 Å². The van der Waals surface area contributed by atoms with Crippen LogP contribution in [-0.4, -0.2) is 16.2 Å². The van der Waals surface area contributed by atoms with Gasteiger partial charge >= 0.3 is 0 Å². The summed E-state index contributed by atoms with van der Waals surface area (Å²) >= 11 is 0. The fourth-order valence-electron chi connectivity index (χ4n) is 3.14. The Balaban J connectivity index is 1.85. The molecule has 0 saturated heterocycles. The molecule has 2 N–H and O–H groups in total. The maximum atomic E-state index is 3.96. The monoisotopic (exact) mass is 221 g/mol. The summed E-state index contributed by atoms with van der Waals surface area (Å²) in [6.45, 7) is 8.07. The minimum atomic E-state index is 0.492. The molecule has 0 aromatic carbocycles. The van der Waals surface area contributed by atoms with E-state index in [0.717, 1.165) is 12.5 Å². The first-order chi connectivity index (χ1) is 7.55. The molecule has 0 aliphatic heterocycles. The third-order valence-electron chi connectivity index (χ3n) is 3.54. The Bertz CT molecular complexity index is 316. The first-order valence-electron chi connectivity index (χ1n) is 6.26. The van der Waals surface area contributed by atoms with Crippen molar-refractivity contribution in [3.8, 4) is 0 Å². The predicted molar refractivity (Wildman–Crippen MR) is 66.0 cm³/mol. The molecule has 1 aliphatic rings. The number of nitrogens with one attached hydrogen (secondary N) is 2. The van der Waals surface area contributed by atoms with Crippen molar-refractivity contribution >= 4 is 0 Å². The topological polar surface area (TPSA) is 40.7 Å². The zero-order valence-electron chi connectivity index (χ0n) is 10.6. The minimum absolute atomic E-state index is 0.492. The molecule has 1 fully saturated rings. The Labute approximate surface area is 98.0 Å². The van der Waals surface area contributed by atoms with Gasteiger partial charge in [-0.15, -0.1) is 0 Å². The van der Waals surface area contributed by atoms with E-state index < -0.39 is 0 Å². The number of hydrogen-bond donors (Lipinski definition) is 2. The van der Waals surface area contributed by atoms with E-state index in [1.165, 1.54) is 24.8 Å². The lowest BCUT2D eigenvalue weighted by Gasteiger charge is -2.39. The number of aromatic nitrogens is 2. The molecule has 3 nitrogen and oxygen atoms in total. The number of hydrogen-bond acceptors (Lipinski definition) is 2. The quantitative estimate of drug-likeness (QED) is 0.824. The molecule has 2 unspecified atom stereocenters. The second kappa shape index (κ2) is 4.58. The molecule has 16 heavy (non-hydrogen) atoms. The molecular weight excluding hydrogens is 198 g/mol. The second-order valence-corrected chi connectivity index (χ2v) is 6.10. The van der Waals surface area contributed by atoms with Crippen molar-refractivity contribution in [3.63, 3.8) is 0 Å². The molecule has 1 aromatic heterocycles. The van der Waals surface area contributed by atoms with Gasteiger partial charge in [-0.3, -0.25) is 5.10 Å². The molecule has 3 heteroatoms. The molecular formula is C13H23N3. The number of H-pyrrole nitrogens is 1. The lowest BCUT2D eigenvalue weighted by Crippen LogP contribution is -2.39. The van der Waals surface area contributed by atoms with Gasteiger partial charge in [0.2, 0.25) is 0 Å². The van der Waals surface area contributed by atoms with Crippen LogP contribution in [0.4, 0.5) is 0 Å². The molecule has 1 aliphatic carbocycles. The van der Waals surface area contributed by atoms with Crippen molar-refractivity contribution < 1.29 is 0 Å². The van der Waals surface area contributed by atoms with Crippen LogP contribution in [0.2, 0.25) is 0 Å². The normalized spacial score (nSPS) is 29.2. The summed E-state index contributed by atoms with van der Waals surface area (Å²) in [6, 6.07) is 0.661. The molecule has 0 amide bonds. The van der Waals surface area contributed by atoms with Crippen LogP contribution in [0, 0.1) is 11.3 Å². The first kappa shape index (κ1) is 11.6. The Morgan fingerprint density at radius 1 is 1.50 bits per heavy atom. The summed E-state index contributed by atoms with van der Waals surface area (Å²) in [4.78, 5) is 0. The summed E-state index contributed by atoms with van der Waals surface area (Å²) < 4.78 is 0. The van der Waals surface area contributed by atoms with Gasteiger partial charge in [0.15, 0.2) is 0 Å². The molecule has 0 spiro atoms. The van der Waals surface area contributed by atoms with Crippen LogP contribution in [0.5, 0.6) is 0 Å². The zero-order valence-corrected chi connectivity index (χ0v) is 10.6. The van der Waals surface area contributed by atoms with Crippen molar-refractivity contribution in [2.45, 2.75) is 52.6 Å². The average Bonchev–Trinajstić information content (AvgIpc) is 2.63. The van der Waals surface area contributed by atoms with Crippen LogP contribution in [0.25, 0.3) is 0 Å². The summed E-state index contributed by atoms with van der Waals surface area (Å²) in [6.07, 6.45) is 7.81. The summed E-state index contributed by atoms with van der Waals surface area (Å²) in [5.74, 6) is 0.839. The van der Waals surface area contributed by atoms with Crippen molar-refractivity contribution in [3.05, 3.63) is 18.0 Å². The molecule has 1 saturated carbocycles. The third-order valence-corrected chi connectivity index (χ3v) is 3.54. The van der Waals surface area contributed by atoms with Crippen molar-refractivity contribution in [1.29, 1.82) is 0 Å². The SMILES string of the molecule is CC1CC(NCc2cn[nH]c2)CC(C)(C)C1.